The molecule has 0 aliphatic rings. The van der Waals surface area contributed by atoms with Crippen molar-refractivity contribution in [3.8, 4) is 0 Å². The molecule has 74 valence electrons. The second kappa shape index (κ2) is 5.94. The summed E-state index contributed by atoms with van der Waals surface area (Å²) in [7, 11) is -0.646. The molecule has 0 aliphatic carbocycles. The molecule has 0 bridgehead atoms. The van der Waals surface area contributed by atoms with Crippen LogP contribution in [0, 0.1) is 0 Å². The average molecular weight is 200 g/mol. The van der Waals surface area contributed by atoms with Crippen LogP contribution in [0.15, 0.2) is 18.5 Å². The van der Waals surface area contributed by atoms with E-state index in [4.69, 9.17) is 0 Å². The van der Waals surface area contributed by atoms with Gasteiger partial charge in [0.25, 0.3) is 0 Å². The molecule has 0 radical (unpaired) electrons. The van der Waals surface area contributed by atoms with E-state index in [1.165, 1.54) is 5.56 Å². The van der Waals surface area contributed by atoms with Gasteiger partial charge < -0.3 is 10.3 Å². The summed E-state index contributed by atoms with van der Waals surface area (Å²) in [5.74, 6) is 1.51. The Hall–Kier alpha value is -0.610. The number of H-pyrrole nitrogens is 1. The van der Waals surface area contributed by atoms with Crippen molar-refractivity contribution in [1.82, 2.24) is 10.3 Å². The van der Waals surface area contributed by atoms with Crippen LogP contribution in [0.3, 0.4) is 0 Å². The third-order valence-electron chi connectivity index (χ3n) is 1.82. The SMILES string of the molecule is CCS(=O)CCNCc1cc[nH]c1. The Bertz CT molecular complexity index is 246. The normalized spacial score (nSPS) is 13.0. The fourth-order valence-electron chi connectivity index (χ4n) is 1.03. The molecule has 1 aromatic rings. The zero-order valence-corrected chi connectivity index (χ0v) is 8.69. The molecule has 3 nitrogen and oxygen atoms in total. The molecule has 1 aromatic heterocycles. The van der Waals surface area contributed by atoms with Crippen LogP contribution in [-0.4, -0.2) is 27.2 Å². The zero-order valence-electron chi connectivity index (χ0n) is 7.88. The third kappa shape index (κ3) is 4.24. The first-order valence-corrected chi connectivity index (χ1v) is 5.99. The van der Waals surface area contributed by atoms with Crippen LogP contribution in [0.25, 0.3) is 0 Å². The van der Waals surface area contributed by atoms with Crippen molar-refractivity contribution >= 4 is 10.8 Å². The monoisotopic (exact) mass is 200 g/mol. The number of hydrogen-bond acceptors (Lipinski definition) is 2. The number of rotatable bonds is 6. The van der Waals surface area contributed by atoms with Crippen LogP contribution in [0.5, 0.6) is 0 Å². The fraction of sp³-hybridized carbons (Fsp3) is 0.556. The summed E-state index contributed by atoms with van der Waals surface area (Å²) in [5, 5.41) is 3.24. The topological polar surface area (TPSA) is 44.9 Å². The van der Waals surface area contributed by atoms with Gasteiger partial charge in [-0.2, -0.15) is 0 Å². The molecule has 2 N–H and O–H groups in total. The Morgan fingerprint density at radius 2 is 2.46 bits per heavy atom. The van der Waals surface area contributed by atoms with E-state index in [0.717, 1.165) is 24.6 Å². The summed E-state index contributed by atoms with van der Waals surface area (Å²) >= 11 is 0. The van der Waals surface area contributed by atoms with Gasteiger partial charge in [-0.25, -0.2) is 0 Å². The van der Waals surface area contributed by atoms with E-state index in [2.05, 4.69) is 10.3 Å². The lowest BCUT2D eigenvalue weighted by Gasteiger charge is -2.01. The van der Waals surface area contributed by atoms with E-state index in [1.54, 1.807) is 0 Å². The van der Waals surface area contributed by atoms with Gasteiger partial charge in [-0.05, 0) is 11.6 Å². The third-order valence-corrected chi connectivity index (χ3v) is 3.12. The molecule has 0 amide bonds. The molecule has 1 atom stereocenters. The molecule has 0 aliphatic heterocycles. The maximum Gasteiger partial charge on any atom is 0.0360 e. The van der Waals surface area contributed by atoms with Gasteiger partial charge in [0, 0.05) is 47.8 Å². The number of aromatic nitrogens is 1. The summed E-state index contributed by atoms with van der Waals surface area (Å²) < 4.78 is 11.0. The van der Waals surface area contributed by atoms with E-state index in [-0.39, 0.29) is 0 Å². The Morgan fingerprint density at radius 1 is 1.62 bits per heavy atom. The maximum absolute atomic E-state index is 11.0. The second-order valence-corrected chi connectivity index (χ2v) is 4.69. The number of aromatic amines is 1. The van der Waals surface area contributed by atoms with E-state index >= 15 is 0 Å². The molecular formula is C9H16N2OS. The minimum Gasteiger partial charge on any atom is -0.367 e. The Kier molecular flexibility index (Phi) is 4.78. The molecule has 0 fully saturated rings. The average Bonchev–Trinajstić information content (AvgIpc) is 2.64. The van der Waals surface area contributed by atoms with Crippen LogP contribution in [0.2, 0.25) is 0 Å². The van der Waals surface area contributed by atoms with Crippen LogP contribution < -0.4 is 5.32 Å². The zero-order chi connectivity index (χ0) is 9.52. The lowest BCUT2D eigenvalue weighted by atomic mass is 10.3. The molecule has 1 unspecified atom stereocenters. The van der Waals surface area contributed by atoms with Crippen LogP contribution >= 0.6 is 0 Å². The summed E-state index contributed by atoms with van der Waals surface area (Å²) in [6.45, 7) is 3.62. The quantitative estimate of drug-likeness (QED) is 0.669. The molecule has 13 heavy (non-hydrogen) atoms. The van der Waals surface area contributed by atoms with Gasteiger partial charge in [0.1, 0.15) is 0 Å². The van der Waals surface area contributed by atoms with Crippen molar-refractivity contribution in [3.05, 3.63) is 24.0 Å². The molecular weight excluding hydrogens is 184 g/mol. The van der Waals surface area contributed by atoms with Crippen molar-refractivity contribution in [2.75, 3.05) is 18.1 Å². The number of hydrogen-bond donors (Lipinski definition) is 2. The van der Waals surface area contributed by atoms with Crippen molar-refractivity contribution in [3.63, 3.8) is 0 Å². The second-order valence-electron chi connectivity index (χ2n) is 2.83. The van der Waals surface area contributed by atoms with Gasteiger partial charge in [-0.3, -0.25) is 4.21 Å². The molecule has 4 heteroatoms. The minimum absolute atomic E-state index is 0.646. The van der Waals surface area contributed by atoms with Crippen LogP contribution in [0.4, 0.5) is 0 Å². The molecule has 0 aromatic carbocycles. The summed E-state index contributed by atoms with van der Waals surface area (Å²) in [5.41, 5.74) is 1.24. The summed E-state index contributed by atoms with van der Waals surface area (Å²) in [6.07, 6.45) is 3.87. The highest BCUT2D eigenvalue weighted by Crippen LogP contribution is 1.94. The molecule has 1 rings (SSSR count). The van der Waals surface area contributed by atoms with E-state index < -0.39 is 10.8 Å². The van der Waals surface area contributed by atoms with Gasteiger partial charge in [-0.15, -0.1) is 0 Å². The van der Waals surface area contributed by atoms with E-state index in [1.807, 2.05) is 25.4 Å². The van der Waals surface area contributed by atoms with E-state index in [0.29, 0.717) is 0 Å². The molecule has 0 saturated carbocycles. The summed E-state index contributed by atoms with van der Waals surface area (Å²) in [4.78, 5) is 2.99. The Labute approximate surface area is 81.4 Å². The molecule has 1 heterocycles. The highest BCUT2D eigenvalue weighted by atomic mass is 32.2. The number of nitrogens with one attached hydrogen (secondary N) is 2. The summed E-state index contributed by atoms with van der Waals surface area (Å²) in [6, 6.07) is 2.03. The minimum atomic E-state index is -0.646. The van der Waals surface area contributed by atoms with Gasteiger partial charge in [0.05, 0.1) is 0 Å². The lowest BCUT2D eigenvalue weighted by Crippen LogP contribution is -2.20. The fourth-order valence-corrected chi connectivity index (χ4v) is 1.69. The standard InChI is InChI=1S/C9H16N2OS/c1-2-13(12)6-5-11-8-9-3-4-10-7-9/h3-4,7,10-11H,2,5-6,8H2,1H3. The van der Waals surface area contributed by atoms with Crippen LogP contribution in [0.1, 0.15) is 12.5 Å². The first-order valence-electron chi connectivity index (χ1n) is 4.50. The first-order chi connectivity index (χ1) is 6.33. The Balaban J connectivity index is 2.05. The molecule has 0 saturated heterocycles. The highest BCUT2D eigenvalue weighted by Gasteiger charge is 1.95. The van der Waals surface area contributed by atoms with Crippen molar-refractivity contribution in [2.24, 2.45) is 0 Å². The van der Waals surface area contributed by atoms with E-state index in [9.17, 15) is 4.21 Å². The van der Waals surface area contributed by atoms with Gasteiger partial charge in [0.15, 0.2) is 0 Å². The van der Waals surface area contributed by atoms with Gasteiger partial charge in [0.2, 0.25) is 0 Å². The van der Waals surface area contributed by atoms with Crippen LogP contribution in [-0.2, 0) is 17.3 Å². The van der Waals surface area contributed by atoms with Crippen molar-refractivity contribution in [2.45, 2.75) is 13.5 Å². The maximum atomic E-state index is 11.0. The van der Waals surface area contributed by atoms with Gasteiger partial charge in [-0.1, -0.05) is 6.92 Å². The van der Waals surface area contributed by atoms with Crippen molar-refractivity contribution in [1.29, 1.82) is 0 Å². The molecule has 0 spiro atoms. The highest BCUT2D eigenvalue weighted by molar-refractivity contribution is 7.84. The predicted molar refractivity (Wildman–Crippen MR) is 56.0 cm³/mol. The first kappa shape index (κ1) is 10.5. The lowest BCUT2D eigenvalue weighted by molar-refractivity contribution is 0.674. The van der Waals surface area contributed by atoms with Crippen molar-refractivity contribution < 1.29 is 4.21 Å². The van der Waals surface area contributed by atoms with Gasteiger partial charge >= 0.3 is 0 Å². The Morgan fingerprint density at radius 3 is 3.08 bits per heavy atom. The predicted octanol–water partition coefficient (Wildman–Crippen LogP) is 0.873. The smallest absolute Gasteiger partial charge is 0.0360 e. The largest absolute Gasteiger partial charge is 0.367 e.